The maximum atomic E-state index is 12.8. The maximum Gasteiger partial charge on any atom is 0.407 e. The van der Waals surface area contributed by atoms with E-state index in [4.69, 9.17) is 16.3 Å². The van der Waals surface area contributed by atoms with Crippen molar-refractivity contribution >= 4 is 34.4 Å². The fraction of sp³-hybridized carbons (Fsp3) is 0.273. The molecule has 3 aromatic rings. The number of fused-ring (bicyclic) bond motifs is 1. The van der Waals surface area contributed by atoms with E-state index in [9.17, 15) is 14.4 Å². The lowest BCUT2D eigenvalue weighted by Gasteiger charge is -2.20. The zero-order valence-corrected chi connectivity index (χ0v) is 18.2. The molecule has 9 heteroatoms. The molecule has 0 aliphatic heterocycles. The number of hydrogen-bond acceptors (Lipinski definition) is 5. The average molecular weight is 443 g/mol. The third-order valence-electron chi connectivity index (χ3n) is 4.19. The van der Waals surface area contributed by atoms with Crippen LogP contribution in [0.2, 0.25) is 5.02 Å². The quantitative estimate of drug-likeness (QED) is 0.630. The predicted octanol–water partition coefficient (Wildman–Crippen LogP) is 3.39. The van der Waals surface area contributed by atoms with Crippen molar-refractivity contribution in [3.63, 3.8) is 0 Å². The van der Waals surface area contributed by atoms with Crippen LogP contribution in [-0.4, -0.2) is 27.5 Å². The molecule has 2 amide bonds. The molecule has 0 atom stereocenters. The van der Waals surface area contributed by atoms with Crippen LogP contribution in [0, 0.1) is 0 Å². The summed E-state index contributed by atoms with van der Waals surface area (Å²) in [5, 5.41) is 8.38. The molecule has 0 saturated heterocycles. The van der Waals surface area contributed by atoms with Crippen LogP contribution in [0.5, 0.6) is 0 Å². The van der Waals surface area contributed by atoms with Crippen LogP contribution in [0.3, 0.4) is 0 Å². The molecule has 1 aromatic heterocycles. The molecule has 1 heterocycles. The molecule has 8 nitrogen and oxygen atoms in total. The minimum Gasteiger partial charge on any atom is -0.444 e. The van der Waals surface area contributed by atoms with Crippen LogP contribution in [-0.2, 0) is 22.5 Å². The van der Waals surface area contributed by atoms with E-state index in [-0.39, 0.29) is 13.0 Å². The summed E-state index contributed by atoms with van der Waals surface area (Å²) in [5.41, 5.74) is 2.54. The number of aromatic nitrogens is 2. The number of amides is 2. The Kier molecular flexibility index (Phi) is 6.60. The summed E-state index contributed by atoms with van der Waals surface area (Å²) in [6.45, 7) is 5.30. The number of carbonyl (C=O) groups excluding carboxylic acids is 2. The number of carbonyl (C=O) groups is 2. The van der Waals surface area contributed by atoms with Crippen LogP contribution in [0.25, 0.3) is 10.8 Å². The molecule has 0 spiro atoms. The minimum atomic E-state index is -0.645. The summed E-state index contributed by atoms with van der Waals surface area (Å²) in [5.74, 6) is -0.418. The molecule has 0 aliphatic rings. The Labute approximate surface area is 184 Å². The van der Waals surface area contributed by atoms with Crippen LogP contribution in [0.15, 0.2) is 53.3 Å². The van der Waals surface area contributed by atoms with Crippen molar-refractivity contribution in [1.29, 1.82) is 0 Å². The molecule has 0 fully saturated rings. The van der Waals surface area contributed by atoms with Gasteiger partial charge in [0.25, 0.3) is 5.56 Å². The number of ether oxygens (including phenoxy) is 1. The van der Waals surface area contributed by atoms with Gasteiger partial charge in [-0.3, -0.25) is 9.59 Å². The highest BCUT2D eigenvalue weighted by atomic mass is 35.5. The summed E-state index contributed by atoms with van der Waals surface area (Å²) in [6.07, 6.45) is -0.563. The number of rotatable bonds is 5. The van der Waals surface area contributed by atoms with E-state index >= 15 is 0 Å². The Hall–Kier alpha value is -3.39. The third-order valence-corrected chi connectivity index (χ3v) is 4.44. The van der Waals surface area contributed by atoms with Gasteiger partial charge >= 0.3 is 6.09 Å². The Bertz CT molecular complexity index is 1170. The number of hydrogen-bond donors (Lipinski definition) is 2. The molecule has 31 heavy (non-hydrogen) atoms. The fourth-order valence-corrected chi connectivity index (χ4v) is 3.00. The van der Waals surface area contributed by atoms with Crippen LogP contribution >= 0.6 is 11.6 Å². The zero-order chi connectivity index (χ0) is 22.6. The highest BCUT2D eigenvalue weighted by Crippen LogP contribution is 2.14. The lowest BCUT2D eigenvalue weighted by Crippen LogP contribution is -2.38. The number of halogens is 1. The van der Waals surface area contributed by atoms with Gasteiger partial charge in [0, 0.05) is 10.4 Å². The summed E-state index contributed by atoms with van der Waals surface area (Å²) < 4.78 is 5.24. The van der Waals surface area contributed by atoms with Crippen molar-refractivity contribution in [3.05, 3.63) is 75.2 Å². The first-order chi connectivity index (χ1) is 14.6. The predicted molar refractivity (Wildman–Crippen MR) is 119 cm³/mol. The zero-order valence-electron chi connectivity index (χ0n) is 17.4. The Morgan fingerprint density at radius 2 is 1.71 bits per heavy atom. The summed E-state index contributed by atoms with van der Waals surface area (Å²) in [7, 11) is 0. The van der Waals surface area contributed by atoms with E-state index < -0.39 is 23.2 Å². The highest BCUT2D eigenvalue weighted by Gasteiger charge is 2.17. The van der Waals surface area contributed by atoms with Crippen molar-refractivity contribution in [2.24, 2.45) is 0 Å². The fourth-order valence-electron chi connectivity index (χ4n) is 2.88. The lowest BCUT2D eigenvalue weighted by atomic mass is 10.1. The van der Waals surface area contributed by atoms with E-state index in [0.717, 1.165) is 10.4 Å². The van der Waals surface area contributed by atoms with Crippen molar-refractivity contribution in [1.82, 2.24) is 15.2 Å². The van der Waals surface area contributed by atoms with Gasteiger partial charge in [0.15, 0.2) is 0 Å². The number of nitrogens with zero attached hydrogens (tertiary/aromatic N) is 2. The largest absolute Gasteiger partial charge is 0.444 e. The van der Waals surface area contributed by atoms with Gasteiger partial charge in [-0.1, -0.05) is 41.9 Å². The SMILES string of the molecule is CC(C)(C)OC(=O)NCc1nn(NC(=O)Cc2ccc(Cl)cc2)c(=O)c2ccccc12. The first-order valence-electron chi connectivity index (χ1n) is 9.64. The lowest BCUT2D eigenvalue weighted by molar-refractivity contribution is -0.116. The Balaban J connectivity index is 1.83. The summed E-state index contributed by atoms with van der Waals surface area (Å²) >= 11 is 5.86. The molecular formula is C22H23ClN4O4. The molecule has 2 aromatic carbocycles. The first-order valence-corrected chi connectivity index (χ1v) is 10.0. The van der Waals surface area contributed by atoms with Gasteiger partial charge in [0.2, 0.25) is 5.91 Å². The van der Waals surface area contributed by atoms with Crippen molar-refractivity contribution < 1.29 is 14.3 Å². The monoisotopic (exact) mass is 442 g/mol. The van der Waals surface area contributed by atoms with Crippen LogP contribution < -0.4 is 16.3 Å². The van der Waals surface area contributed by atoms with Crippen molar-refractivity contribution in [2.45, 2.75) is 39.3 Å². The normalized spacial score (nSPS) is 11.2. The topological polar surface area (TPSA) is 102 Å². The number of nitrogens with one attached hydrogen (secondary N) is 2. The van der Waals surface area contributed by atoms with Crippen molar-refractivity contribution in [3.8, 4) is 0 Å². The summed E-state index contributed by atoms with van der Waals surface area (Å²) in [6, 6.07) is 13.7. The number of alkyl carbamates (subject to hydrolysis) is 1. The standard InChI is InChI=1S/C22H23ClN4O4/c1-22(2,3)31-21(30)24-13-18-16-6-4-5-7-17(16)20(29)27(25-18)26-19(28)12-14-8-10-15(23)11-9-14/h4-11H,12-13H2,1-3H3,(H,24,30)(H,26,28). The molecule has 0 unspecified atom stereocenters. The van der Waals surface area contributed by atoms with E-state index in [2.05, 4.69) is 15.8 Å². The van der Waals surface area contributed by atoms with Gasteiger partial charge in [-0.15, -0.1) is 4.79 Å². The van der Waals surface area contributed by atoms with Gasteiger partial charge in [-0.25, -0.2) is 10.2 Å². The molecular weight excluding hydrogens is 420 g/mol. The second kappa shape index (κ2) is 9.18. The van der Waals surface area contributed by atoms with Crippen molar-refractivity contribution in [2.75, 3.05) is 5.43 Å². The van der Waals surface area contributed by atoms with E-state index in [1.807, 2.05) is 0 Å². The van der Waals surface area contributed by atoms with Gasteiger partial charge < -0.3 is 10.1 Å². The van der Waals surface area contributed by atoms with E-state index in [1.165, 1.54) is 0 Å². The first kappa shape index (κ1) is 22.3. The third kappa shape index (κ3) is 6.05. The van der Waals surface area contributed by atoms with Gasteiger partial charge in [-0.05, 0) is 44.5 Å². The Morgan fingerprint density at radius 1 is 1.06 bits per heavy atom. The smallest absolute Gasteiger partial charge is 0.407 e. The second-order valence-corrected chi connectivity index (χ2v) is 8.34. The van der Waals surface area contributed by atoms with Gasteiger partial charge in [-0.2, -0.15) is 5.10 Å². The van der Waals surface area contributed by atoms with Crippen LogP contribution in [0.4, 0.5) is 4.79 Å². The van der Waals surface area contributed by atoms with Gasteiger partial charge in [0.05, 0.1) is 24.0 Å². The second-order valence-electron chi connectivity index (χ2n) is 7.90. The van der Waals surface area contributed by atoms with Gasteiger partial charge in [0.1, 0.15) is 5.60 Å². The summed E-state index contributed by atoms with van der Waals surface area (Å²) in [4.78, 5) is 38.2. The minimum absolute atomic E-state index is 0.0166. The molecule has 0 aliphatic carbocycles. The maximum absolute atomic E-state index is 12.8. The Morgan fingerprint density at radius 3 is 2.35 bits per heavy atom. The van der Waals surface area contributed by atoms with E-state index in [1.54, 1.807) is 69.3 Å². The molecule has 0 bridgehead atoms. The molecule has 0 radical (unpaired) electrons. The highest BCUT2D eigenvalue weighted by molar-refractivity contribution is 6.30. The molecule has 0 saturated carbocycles. The number of benzene rings is 2. The van der Waals surface area contributed by atoms with Crippen LogP contribution in [0.1, 0.15) is 32.0 Å². The van der Waals surface area contributed by atoms with E-state index in [0.29, 0.717) is 21.5 Å². The average Bonchev–Trinajstić information content (AvgIpc) is 2.69. The molecule has 162 valence electrons. The molecule has 2 N–H and O–H groups in total. The molecule has 3 rings (SSSR count).